The zero-order valence-corrected chi connectivity index (χ0v) is 20.8. The Bertz CT molecular complexity index is 1640. The van der Waals surface area contributed by atoms with E-state index in [0.717, 1.165) is 64.4 Å². The molecule has 1 aliphatic heterocycles. The highest BCUT2D eigenvalue weighted by atomic mass is 16.3. The number of aromatic nitrogens is 5. The van der Waals surface area contributed by atoms with E-state index in [2.05, 4.69) is 58.3 Å². The van der Waals surface area contributed by atoms with E-state index < -0.39 is 5.60 Å². The Morgan fingerprint density at radius 2 is 1.81 bits per heavy atom. The van der Waals surface area contributed by atoms with Gasteiger partial charge in [-0.3, -0.25) is 0 Å². The Kier molecular flexibility index (Phi) is 5.02. The number of likely N-dealkylation sites (tertiary alicyclic amines) is 1. The molecular formula is C29H29N7O. The number of fused-ring (bicyclic) bond motifs is 2. The molecule has 0 radical (unpaired) electrons. The number of anilines is 1. The Morgan fingerprint density at radius 3 is 2.57 bits per heavy atom. The summed E-state index contributed by atoms with van der Waals surface area (Å²) in [6.07, 6.45) is 4.04. The minimum atomic E-state index is -0.660. The maximum absolute atomic E-state index is 11.1. The fraction of sp³-hybridized carbons (Fsp3) is 0.310. The lowest BCUT2D eigenvalue weighted by Crippen LogP contribution is -2.54. The minimum Gasteiger partial charge on any atom is -0.389 e. The van der Waals surface area contributed by atoms with Crippen molar-refractivity contribution in [1.82, 2.24) is 29.5 Å². The van der Waals surface area contributed by atoms with E-state index in [9.17, 15) is 5.11 Å². The molecule has 0 atom stereocenters. The predicted molar refractivity (Wildman–Crippen MR) is 144 cm³/mol. The van der Waals surface area contributed by atoms with E-state index in [1.807, 2.05) is 22.7 Å². The van der Waals surface area contributed by atoms with E-state index in [1.165, 1.54) is 12.7 Å². The summed E-state index contributed by atoms with van der Waals surface area (Å²) >= 11 is 0. The molecule has 1 saturated heterocycles. The summed E-state index contributed by atoms with van der Waals surface area (Å²) in [6.45, 7) is 4.97. The first-order valence-electron chi connectivity index (χ1n) is 12.9. The van der Waals surface area contributed by atoms with Crippen LogP contribution in [0.4, 0.5) is 5.82 Å². The zero-order chi connectivity index (χ0) is 25.1. The van der Waals surface area contributed by atoms with Crippen molar-refractivity contribution in [2.24, 2.45) is 0 Å². The van der Waals surface area contributed by atoms with E-state index in [4.69, 9.17) is 15.7 Å². The van der Waals surface area contributed by atoms with Gasteiger partial charge in [0.1, 0.15) is 23.4 Å². The highest BCUT2D eigenvalue weighted by Crippen LogP contribution is 2.46. The van der Waals surface area contributed by atoms with Crippen molar-refractivity contribution in [3.05, 3.63) is 72.3 Å². The van der Waals surface area contributed by atoms with Gasteiger partial charge in [0.25, 0.3) is 0 Å². The molecule has 8 nitrogen and oxygen atoms in total. The lowest BCUT2D eigenvalue weighted by atomic mass is 9.70. The van der Waals surface area contributed by atoms with E-state index >= 15 is 0 Å². The van der Waals surface area contributed by atoms with Crippen LogP contribution in [0.2, 0.25) is 0 Å². The molecule has 1 saturated carbocycles. The quantitative estimate of drug-likeness (QED) is 0.379. The Hall–Kier alpha value is -3.88. The van der Waals surface area contributed by atoms with Gasteiger partial charge in [0.05, 0.1) is 16.8 Å². The molecule has 2 aromatic carbocycles. The molecule has 1 aliphatic carbocycles. The SMILES string of the molecule is Cc1c(-c2nc(C3CC(O)(CN4CCC4)C3)n3ncnc(N)c23)ccc2ccc(-c3ccccc3)nc12. The molecule has 0 unspecified atom stereocenters. The Labute approximate surface area is 214 Å². The Morgan fingerprint density at radius 1 is 1.03 bits per heavy atom. The summed E-state index contributed by atoms with van der Waals surface area (Å²) in [5.74, 6) is 1.34. The van der Waals surface area contributed by atoms with Crippen molar-refractivity contribution in [1.29, 1.82) is 0 Å². The monoisotopic (exact) mass is 491 g/mol. The van der Waals surface area contributed by atoms with Crippen LogP contribution in [0.1, 0.15) is 36.6 Å². The van der Waals surface area contributed by atoms with Gasteiger partial charge in [-0.05, 0) is 50.9 Å². The first-order chi connectivity index (χ1) is 18.0. The maximum Gasteiger partial charge on any atom is 0.153 e. The van der Waals surface area contributed by atoms with Crippen molar-refractivity contribution in [2.75, 3.05) is 25.4 Å². The van der Waals surface area contributed by atoms with Crippen molar-refractivity contribution >= 4 is 22.2 Å². The van der Waals surface area contributed by atoms with Crippen molar-refractivity contribution in [3.63, 3.8) is 0 Å². The van der Waals surface area contributed by atoms with Crippen molar-refractivity contribution < 1.29 is 5.11 Å². The van der Waals surface area contributed by atoms with Crippen LogP contribution < -0.4 is 5.73 Å². The van der Waals surface area contributed by atoms with Gasteiger partial charge in [0.2, 0.25) is 0 Å². The van der Waals surface area contributed by atoms with Crippen LogP contribution >= 0.6 is 0 Å². The minimum absolute atomic E-state index is 0.116. The molecule has 0 amide bonds. The van der Waals surface area contributed by atoms with Gasteiger partial charge >= 0.3 is 0 Å². The average molecular weight is 492 g/mol. The lowest BCUT2D eigenvalue weighted by Gasteiger charge is -2.47. The third kappa shape index (κ3) is 3.67. The second-order valence-corrected chi connectivity index (χ2v) is 10.6. The fourth-order valence-corrected chi connectivity index (χ4v) is 5.91. The topological polar surface area (TPSA) is 105 Å². The number of imidazole rings is 1. The lowest BCUT2D eigenvalue weighted by molar-refractivity contribution is -0.0836. The number of nitrogens with zero attached hydrogens (tertiary/aromatic N) is 6. The molecule has 4 heterocycles. The van der Waals surface area contributed by atoms with Crippen LogP contribution in [-0.4, -0.2) is 59.8 Å². The fourth-order valence-electron chi connectivity index (χ4n) is 5.91. The van der Waals surface area contributed by atoms with E-state index in [0.29, 0.717) is 24.2 Å². The number of aryl methyl sites for hydroxylation is 1. The number of β-amino-alcohol motifs (C(OH)–C–C–N with tert-alkyl or cyclic N) is 1. The first-order valence-corrected chi connectivity index (χ1v) is 12.9. The first kappa shape index (κ1) is 22.3. The molecule has 3 N–H and O–H groups in total. The summed E-state index contributed by atoms with van der Waals surface area (Å²) in [5, 5.41) is 16.7. The third-order valence-electron chi connectivity index (χ3n) is 8.01. The highest BCUT2D eigenvalue weighted by molar-refractivity contribution is 5.94. The van der Waals surface area contributed by atoms with E-state index in [1.54, 1.807) is 0 Å². The van der Waals surface area contributed by atoms with E-state index in [-0.39, 0.29) is 5.92 Å². The molecule has 7 rings (SSSR count). The largest absolute Gasteiger partial charge is 0.389 e. The molecule has 2 aliphatic rings. The van der Waals surface area contributed by atoms with Crippen LogP contribution in [0, 0.1) is 6.92 Å². The number of nitrogens with two attached hydrogens (primary N) is 1. The summed E-state index contributed by atoms with van der Waals surface area (Å²) < 4.78 is 1.82. The van der Waals surface area contributed by atoms with Gasteiger partial charge in [0, 0.05) is 29.0 Å². The van der Waals surface area contributed by atoms with Gasteiger partial charge in [-0.15, -0.1) is 0 Å². The molecule has 0 bridgehead atoms. The number of nitrogen functional groups attached to an aromatic ring is 1. The van der Waals surface area contributed by atoms with Crippen LogP contribution in [0.25, 0.3) is 38.9 Å². The number of pyridine rings is 1. The Balaban J connectivity index is 1.31. The van der Waals surface area contributed by atoms with Gasteiger partial charge < -0.3 is 15.7 Å². The molecule has 37 heavy (non-hydrogen) atoms. The number of hydrogen-bond donors (Lipinski definition) is 2. The second kappa shape index (κ2) is 8.33. The second-order valence-electron chi connectivity index (χ2n) is 10.6. The number of benzene rings is 2. The third-order valence-corrected chi connectivity index (χ3v) is 8.01. The number of aliphatic hydroxyl groups is 1. The summed E-state index contributed by atoms with van der Waals surface area (Å²) in [7, 11) is 0. The van der Waals surface area contributed by atoms with Gasteiger partial charge in [-0.2, -0.15) is 5.10 Å². The molecule has 186 valence electrons. The highest BCUT2D eigenvalue weighted by Gasteiger charge is 2.47. The molecule has 5 aromatic rings. The predicted octanol–water partition coefficient (Wildman–Crippen LogP) is 4.21. The normalized spacial score (nSPS) is 21.7. The molecule has 2 fully saturated rings. The maximum atomic E-state index is 11.1. The summed E-state index contributed by atoms with van der Waals surface area (Å²) in [5.41, 5.74) is 12.1. The van der Waals surface area contributed by atoms with Crippen molar-refractivity contribution in [3.8, 4) is 22.5 Å². The summed E-state index contributed by atoms with van der Waals surface area (Å²) in [4.78, 5) is 16.7. The molecule has 0 spiro atoms. The van der Waals surface area contributed by atoms with Gasteiger partial charge in [-0.1, -0.05) is 48.5 Å². The molecule has 3 aromatic heterocycles. The standard InChI is InChI=1S/C29H29N7O/c1-18-22(10-8-20-9-11-23(33-24(18)20)19-6-3-2-4-7-19)25-26-27(30)31-17-32-36(26)28(34-25)21-14-29(37,15-21)16-35-12-5-13-35/h2-4,6-11,17,21,37H,5,12-16H2,1H3,(H2,30,31,32). The number of rotatable bonds is 5. The summed E-state index contributed by atoms with van der Waals surface area (Å²) in [6, 6.07) is 18.5. The zero-order valence-electron chi connectivity index (χ0n) is 20.8. The average Bonchev–Trinajstić information content (AvgIpc) is 3.26. The smallest absolute Gasteiger partial charge is 0.153 e. The molecule has 8 heteroatoms. The van der Waals surface area contributed by atoms with Gasteiger partial charge in [0.15, 0.2) is 5.82 Å². The van der Waals surface area contributed by atoms with Crippen LogP contribution in [0.5, 0.6) is 0 Å². The van der Waals surface area contributed by atoms with Crippen LogP contribution in [0.15, 0.2) is 60.9 Å². The molecular weight excluding hydrogens is 462 g/mol. The van der Waals surface area contributed by atoms with Crippen molar-refractivity contribution in [2.45, 2.75) is 37.7 Å². The van der Waals surface area contributed by atoms with Gasteiger partial charge in [-0.25, -0.2) is 19.5 Å². The van der Waals surface area contributed by atoms with Crippen LogP contribution in [0.3, 0.4) is 0 Å². The number of hydrogen-bond acceptors (Lipinski definition) is 7. The van der Waals surface area contributed by atoms with Crippen LogP contribution in [-0.2, 0) is 0 Å².